The molecule has 6 heteroatoms. The lowest BCUT2D eigenvalue weighted by molar-refractivity contribution is 0.566. The van der Waals surface area contributed by atoms with E-state index in [4.69, 9.17) is 0 Å². The van der Waals surface area contributed by atoms with Gasteiger partial charge in [-0.3, -0.25) is 4.98 Å². The smallest absolute Gasteiger partial charge is 0.162 e. The van der Waals surface area contributed by atoms with Gasteiger partial charge in [0, 0.05) is 35.0 Å². The maximum absolute atomic E-state index is 14.1. The molecule has 1 N–H and O–H groups in total. The molecule has 27 heavy (non-hydrogen) atoms. The maximum atomic E-state index is 14.1. The van der Waals surface area contributed by atoms with Crippen LogP contribution in [0.2, 0.25) is 0 Å². The number of benzene rings is 2. The Morgan fingerprint density at radius 3 is 2.48 bits per heavy atom. The number of fused-ring (bicyclic) bond motifs is 1. The SMILES string of the molecule is CC(Nc1nc(-c2ccncc2)nc2ccccc12)c1ccc(F)cc1F. The second-order valence-corrected chi connectivity index (χ2v) is 6.18. The van der Waals surface area contributed by atoms with Gasteiger partial charge in [-0.2, -0.15) is 0 Å². The standard InChI is InChI=1S/C21H16F2N4/c1-13(16-7-6-15(22)12-18(16)23)25-21-17-4-2-3-5-19(17)26-20(27-21)14-8-10-24-11-9-14/h2-13H,1H3,(H,25,26,27). The highest BCUT2D eigenvalue weighted by Crippen LogP contribution is 2.28. The van der Waals surface area contributed by atoms with Crippen molar-refractivity contribution in [3.05, 3.63) is 84.2 Å². The number of para-hydroxylation sites is 1. The molecule has 4 rings (SSSR count). The van der Waals surface area contributed by atoms with Gasteiger partial charge in [-0.15, -0.1) is 0 Å². The van der Waals surface area contributed by atoms with Crippen molar-refractivity contribution in [1.82, 2.24) is 15.0 Å². The first-order chi connectivity index (χ1) is 13.1. The molecule has 1 atom stereocenters. The summed E-state index contributed by atoms with van der Waals surface area (Å²) in [5.74, 6) is -0.0624. The Labute approximate surface area is 154 Å². The van der Waals surface area contributed by atoms with Gasteiger partial charge in [0.05, 0.1) is 11.6 Å². The molecule has 134 valence electrons. The molecule has 2 aromatic heterocycles. The van der Waals surface area contributed by atoms with Gasteiger partial charge < -0.3 is 5.32 Å². The first-order valence-corrected chi connectivity index (χ1v) is 8.50. The highest BCUT2D eigenvalue weighted by molar-refractivity contribution is 5.90. The predicted molar refractivity (Wildman–Crippen MR) is 101 cm³/mol. The average molecular weight is 362 g/mol. The van der Waals surface area contributed by atoms with E-state index >= 15 is 0 Å². The molecule has 2 aromatic carbocycles. The summed E-state index contributed by atoms with van der Waals surface area (Å²) in [6.07, 6.45) is 3.36. The maximum Gasteiger partial charge on any atom is 0.162 e. The summed E-state index contributed by atoms with van der Waals surface area (Å²) in [6.45, 7) is 1.80. The summed E-state index contributed by atoms with van der Waals surface area (Å²) >= 11 is 0. The lowest BCUT2D eigenvalue weighted by atomic mass is 10.1. The first-order valence-electron chi connectivity index (χ1n) is 8.50. The van der Waals surface area contributed by atoms with Crippen LogP contribution in [0.15, 0.2) is 67.0 Å². The molecule has 0 radical (unpaired) electrons. The van der Waals surface area contributed by atoms with E-state index in [0.29, 0.717) is 17.2 Å². The second kappa shape index (κ2) is 7.07. The van der Waals surface area contributed by atoms with E-state index < -0.39 is 17.7 Å². The molecule has 0 aliphatic heterocycles. The van der Waals surface area contributed by atoms with Crippen LogP contribution in [0.4, 0.5) is 14.6 Å². The number of nitrogens with one attached hydrogen (secondary N) is 1. The zero-order valence-corrected chi connectivity index (χ0v) is 14.5. The van der Waals surface area contributed by atoms with Crippen molar-refractivity contribution in [2.75, 3.05) is 5.32 Å². The average Bonchev–Trinajstić information content (AvgIpc) is 2.68. The Morgan fingerprint density at radius 2 is 1.70 bits per heavy atom. The normalized spacial score (nSPS) is 12.1. The number of hydrogen-bond donors (Lipinski definition) is 1. The number of nitrogens with zero attached hydrogens (tertiary/aromatic N) is 3. The quantitative estimate of drug-likeness (QED) is 0.546. The Hall–Kier alpha value is -3.41. The molecule has 0 spiro atoms. The Balaban J connectivity index is 1.78. The van der Waals surface area contributed by atoms with E-state index in [2.05, 4.69) is 20.3 Å². The van der Waals surface area contributed by atoms with Crippen LogP contribution in [0.25, 0.3) is 22.3 Å². The zero-order chi connectivity index (χ0) is 18.8. The molecule has 0 aliphatic rings. The minimum absolute atomic E-state index is 0.365. The molecule has 2 heterocycles. The van der Waals surface area contributed by atoms with Crippen molar-refractivity contribution >= 4 is 16.7 Å². The summed E-state index contributed by atoms with van der Waals surface area (Å²) in [4.78, 5) is 13.3. The van der Waals surface area contributed by atoms with Crippen LogP contribution in [-0.4, -0.2) is 15.0 Å². The van der Waals surface area contributed by atoms with Crippen molar-refractivity contribution < 1.29 is 8.78 Å². The van der Waals surface area contributed by atoms with Gasteiger partial charge in [0.2, 0.25) is 0 Å². The predicted octanol–water partition coefficient (Wildman–Crippen LogP) is 5.14. The van der Waals surface area contributed by atoms with E-state index in [1.807, 2.05) is 36.4 Å². The van der Waals surface area contributed by atoms with Crippen LogP contribution in [0.5, 0.6) is 0 Å². The molecule has 0 saturated heterocycles. The van der Waals surface area contributed by atoms with Crippen LogP contribution in [-0.2, 0) is 0 Å². The summed E-state index contributed by atoms with van der Waals surface area (Å²) in [5.41, 5.74) is 1.97. The van der Waals surface area contributed by atoms with Crippen LogP contribution < -0.4 is 5.32 Å². The molecule has 0 saturated carbocycles. The molecule has 0 aliphatic carbocycles. The largest absolute Gasteiger partial charge is 0.363 e. The van der Waals surface area contributed by atoms with Gasteiger partial charge >= 0.3 is 0 Å². The fourth-order valence-electron chi connectivity index (χ4n) is 2.95. The topological polar surface area (TPSA) is 50.7 Å². The molecular weight excluding hydrogens is 346 g/mol. The monoisotopic (exact) mass is 362 g/mol. The van der Waals surface area contributed by atoms with E-state index in [-0.39, 0.29) is 0 Å². The van der Waals surface area contributed by atoms with Gasteiger partial charge in [-0.1, -0.05) is 18.2 Å². The van der Waals surface area contributed by atoms with Gasteiger partial charge in [0.1, 0.15) is 17.5 Å². The fourth-order valence-corrected chi connectivity index (χ4v) is 2.95. The zero-order valence-electron chi connectivity index (χ0n) is 14.5. The van der Waals surface area contributed by atoms with Crippen LogP contribution in [0.3, 0.4) is 0 Å². The molecule has 0 bridgehead atoms. The summed E-state index contributed by atoms with van der Waals surface area (Å²) < 4.78 is 27.3. The fraction of sp³-hybridized carbons (Fsp3) is 0.0952. The molecule has 0 fully saturated rings. The number of halogens is 2. The molecule has 0 amide bonds. The number of pyridine rings is 1. The highest BCUT2D eigenvalue weighted by Gasteiger charge is 2.15. The molecule has 4 aromatic rings. The molecule has 4 nitrogen and oxygen atoms in total. The van der Waals surface area contributed by atoms with Crippen molar-refractivity contribution in [2.24, 2.45) is 0 Å². The van der Waals surface area contributed by atoms with Crippen LogP contribution in [0, 0.1) is 11.6 Å². The second-order valence-electron chi connectivity index (χ2n) is 6.18. The third-order valence-electron chi connectivity index (χ3n) is 4.32. The number of hydrogen-bond acceptors (Lipinski definition) is 4. The van der Waals surface area contributed by atoms with Crippen molar-refractivity contribution in [3.8, 4) is 11.4 Å². The number of anilines is 1. The van der Waals surface area contributed by atoms with Gasteiger partial charge in [0.15, 0.2) is 5.82 Å². The van der Waals surface area contributed by atoms with Gasteiger partial charge in [-0.05, 0) is 37.3 Å². The van der Waals surface area contributed by atoms with Crippen LogP contribution >= 0.6 is 0 Å². The van der Waals surface area contributed by atoms with Crippen LogP contribution in [0.1, 0.15) is 18.5 Å². The minimum Gasteiger partial charge on any atom is -0.363 e. The van der Waals surface area contributed by atoms with Gasteiger partial charge in [0.25, 0.3) is 0 Å². The van der Waals surface area contributed by atoms with Gasteiger partial charge in [-0.25, -0.2) is 18.7 Å². The van der Waals surface area contributed by atoms with E-state index in [9.17, 15) is 8.78 Å². The number of aromatic nitrogens is 3. The number of rotatable bonds is 4. The first kappa shape index (κ1) is 17.0. The third-order valence-corrected chi connectivity index (χ3v) is 4.32. The Kier molecular flexibility index (Phi) is 4.46. The summed E-state index contributed by atoms with van der Waals surface area (Å²) in [7, 11) is 0. The van der Waals surface area contributed by atoms with E-state index in [1.54, 1.807) is 19.3 Å². The van der Waals surface area contributed by atoms with Crippen molar-refractivity contribution in [2.45, 2.75) is 13.0 Å². The minimum atomic E-state index is -0.601. The summed E-state index contributed by atoms with van der Waals surface area (Å²) in [6, 6.07) is 14.4. The molecule has 1 unspecified atom stereocenters. The Bertz CT molecular complexity index is 1100. The van der Waals surface area contributed by atoms with Crippen molar-refractivity contribution in [1.29, 1.82) is 0 Å². The van der Waals surface area contributed by atoms with E-state index in [1.165, 1.54) is 12.1 Å². The highest BCUT2D eigenvalue weighted by atomic mass is 19.1. The van der Waals surface area contributed by atoms with E-state index in [0.717, 1.165) is 22.5 Å². The summed E-state index contributed by atoms with van der Waals surface area (Å²) in [5, 5.41) is 4.07. The lowest BCUT2D eigenvalue weighted by Crippen LogP contribution is -2.11. The third kappa shape index (κ3) is 3.46. The Morgan fingerprint density at radius 1 is 0.926 bits per heavy atom. The molecular formula is C21H16F2N4. The lowest BCUT2D eigenvalue weighted by Gasteiger charge is -2.18. The van der Waals surface area contributed by atoms with Crippen molar-refractivity contribution in [3.63, 3.8) is 0 Å².